The summed E-state index contributed by atoms with van der Waals surface area (Å²) in [6.45, 7) is 7.82. The number of piperidine rings is 2. The number of aromatic amines is 2. The second-order valence-corrected chi connectivity index (χ2v) is 19.6. The summed E-state index contributed by atoms with van der Waals surface area (Å²) in [6.07, 6.45) is 9.84. The third-order valence-corrected chi connectivity index (χ3v) is 14.8. The molecule has 12 heteroatoms. The van der Waals surface area contributed by atoms with Gasteiger partial charge in [-0.3, -0.25) is 19.4 Å². The quantitative estimate of drug-likeness (QED) is 0.101. The number of rotatable bonds is 11. The third kappa shape index (κ3) is 9.12. The van der Waals surface area contributed by atoms with E-state index in [-0.39, 0.29) is 23.9 Å². The molecule has 4 fully saturated rings. The molecule has 4 saturated heterocycles. The van der Waals surface area contributed by atoms with Gasteiger partial charge in [-0.15, -0.1) is 0 Å². The lowest BCUT2D eigenvalue weighted by Crippen LogP contribution is -2.49. The Morgan fingerprint density at radius 2 is 0.879 bits per heavy atom. The van der Waals surface area contributed by atoms with Crippen LogP contribution in [0.15, 0.2) is 122 Å². The van der Waals surface area contributed by atoms with E-state index < -0.39 is 23.3 Å². The zero-order valence-electron chi connectivity index (χ0n) is 38.2. The van der Waals surface area contributed by atoms with E-state index in [2.05, 4.69) is 68.3 Å². The van der Waals surface area contributed by atoms with Gasteiger partial charge in [0.15, 0.2) is 0 Å². The van der Waals surface area contributed by atoms with Crippen LogP contribution in [0.25, 0.3) is 33.6 Å². The van der Waals surface area contributed by atoms with E-state index in [9.17, 15) is 19.8 Å². The first-order chi connectivity index (χ1) is 32.0. The smallest absolute Gasteiger partial charge is 0.245 e. The molecule has 4 atom stereocenters. The zero-order valence-corrected chi connectivity index (χ0v) is 38.2. The lowest BCUT2D eigenvalue weighted by Gasteiger charge is -2.41. The van der Waals surface area contributed by atoms with Crippen molar-refractivity contribution in [3.05, 3.63) is 144 Å². The Kier molecular flexibility index (Phi) is 12.2. The lowest BCUT2D eigenvalue weighted by molar-refractivity contribution is -0.141. The summed E-state index contributed by atoms with van der Waals surface area (Å²) >= 11 is 0. The Labute approximate surface area is 387 Å². The molecule has 2 unspecified atom stereocenters. The molecule has 4 N–H and O–H groups in total. The third-order valence-electron chi connectivity index (χ3n) is 14.8. The molecule has 0 radical (unpaired) electrons. The Hall–Kier alpha value is -5.92. The van der Waals surface area contributed by atoms with E-state index in [0.717, 1.165) is 82.1 Å². The highest BCUT2D eigenvalue weighted by Gasteiger charge is 2.42. The van der Waals surface area contributed by atoms with Crippen LogP contribution in [0.3, 0.4) is 0 Å². The molecule has 12 nitrogen and oxygen atoms in total. The molecule has 0 aliphatic carbocycles. The number of nitrogens with one attached hydrogen (secondary N) is 2. The molecule has 4 aromatic carbocycles. The van der Waals surface area contributed by atoms with Crippen molar-refractivity contribution in [2.75, 3.05) is 39.3 Å². The van der Waals surface area contributed by atoms with Gasteiger partial charge in [-0.05, 0) is 98.6 Å². The van der Waals surface area contributed by atoms with Crippen LogP contribution in [-0.4, -0.2) is 112 Å². The largest absolute Gasteiger partial charge is 0.390 e. The van der Waals surface area contributed by atoms with Crippen LogP contribution >= 0.6 is 0 Å². The van der Waals surface area contributed by atoms with Crippen LogP contribution in [0, 0.1) is 0 Å². The number of carbonyl (C=O) groups excluding carboxylic acids is 2. The average Bonchev–Trinajstić information content (AvgIpc) is 4.19. The molecule has 0 saturated carbocycles. The predicted octanol–water partition coefficient (Wildman–Crippen LogP) is 8.64. The van der Waals surface area contributed by atoms with Gasteiger partial charge < -0.3 is 30.0 Å². The molecular weight excluding hydrogens is 825 g/mol. The van der Waals surface area contributed by atoms with E-state index in [1.165, 1.54) is 0 Å². The molecule has 4 aliphatic rings. The zero-order chi connectivity index (χ0) is 45.4. The van der Waals surface area contributed by atoms with Gasteiger partial charge in [-0.2, -0.15) is 0 Å². The number of hydrogen-bond acceptors (Lipinski definition) is 8. The fourth-order valence-corrected chi connectivity index (χ4v) is 10.8. The molecule has 10 rings (SSSR count). The lowest BCUT2D eigenvalue weighted by atomic mass is 9.91. The number of carbonyl (C=O) groups is 2. The Morgan fingerprint density at radius 1 is 0.530 bits per heavy atom. The molecule has 4 aliphatic heterocycles. The Morgan fingerprint density at radius 3 is 1.24 bits per heavy atom. The van der Waals surface area contributed by atoms with Crippen LogP contribution < -0.4 is 0 Å². The number of benzene rings is 4. The van der Waals surface area contributed by atoms with E-state index in [4.69, 9.17) is 9.97 Å². The first kappa shape index (κ1) is 43.9. The van der Waals surface area contributed by atoms with Crippen molar-refractivity contribution >= 4 is 11.8 Å². The summed E-state index contributed by atoms with van der Waals surface area (Å²) in [6, 6.07) is 36.0. The van der Waals surface area contributed by atoms with Gasteiger partial charge in [0, 0.05) is 39.3 Å². The minimum Gasteiger partial charge on any atom is -0.390 e. The maximum atomic E-state index is 14.5. The van der Waals surface area contributed by atoms with E-state index in [1.54, 1.807) is 0 Å². The van der Waals surface area contributed by atoms with Crippen molar-refractivity contribution in [1.29, 1.82) is 0 Å². The van der Waals surface area contributed by atoms with E-state index in [1.807, 2.05) is 96.7 Å². The van der Waals surface area contributed by atoms with Gasteiger partial charge in [0.05, 0.1) is 47.1 Å². The van der Waals surface area contributed by atoms with E-state index in [0.29, 0.717) is 65.0 Å². The fourth-order valence-electron chi connectivity index (χ4n) is 10.8. The van der Waals surface area contributed by atoms with Crippen LogP contribution in [-0.2, 0) is 9.59 Å². The molecular formula is C54H62N8O4. The highest BCUT2D eigenvalue weighted by atomic mass is 16.3. The number of nitrogens with zero attached hydrogens (tertiary/aromatic N) is 6. The monoisotopic (exact) mass is 886 g/mol. The molecule has 66 heavy (non-hydrogen) atoms. The highest BCUT2D eigenvalue weighted by molar-refractivity contribution is 5.85. The standard InChI is InChI=1S/C54H62N8O4/c1-53(65)25-31-59(32-26-53)47(41-11-5-3-6-12-41)51(63)61-29-9-15-45(61)49-55-35-43(57-49)39-21-17-37(18-22-39)38-19-23-40(24-20-38)44-36-56-50(58-44)46-16-10-30-62(46)52(64)48(42-13-7-4-8-14-42)60-33-27-54(2,66)28-34-60/h3-8,11-14,17-24,35-36,45-48,65-66H,9-10,15-16,25-34H2,1-2H3,(H,55,57)(H,56,58)/t45?,46?,47-,48-/m1/s1. The first-order valence-corrected chi connectivity index (χ1v) is 24.0. The summed E-state index contributed by atoms with van der Waals surface area (Å²) in [4.78, 5) is 54.4. The number of hydrogen-bond donors (Lipinski definition) is 4. The Bertz CT molecular complexity index is 2410. The maximum Gasteiger partial charge on any atom is 0.245 e. The van der Waals surface area contributed by atoms with Crippen LogP contribution in [0.4, 0.5) is 0 Å². The number of amides is 2. The summed E-state index contributed by atoms with van der Waals surface area (Å²) in [5.41, 5.74) is 6.64. The van der Waals surface area contributed by atoms with Gasteiger partial charge in [0.2, 0.25) is 11.8 Å². The van der Waals surface area contributed by atoms with Crippen molar-refractivity contribution in [1.82, 2.24) is 39.5 Å². The van der Waals surface area contributed by atoms with Crippen molar-refractivity contribution in [2.45, 2.75) is 101 Å². The topological polar surface area (TPSA) is 145 Å². The molecule has 6 aromatic rings. The molecule has 342 valence electrons. The highest BCUT2D eigenvalue weighted by Crippen LogP contribution is 2.40. The van der Waals surface area contributed by atoms with Crippen molar-refractivity contribution in [3.63, 3.8) is 0 Å². The fraction of sp³-hybridized carbons (Fsp3) is 0.407. The second-order valence-electron chi connectivity index (χ2n) is 19.6. The molecule has 0 bridgehead atoms. The van der Waals surface area contributed by atoms with Crippen molar-refractivity contribution in [3.8, 4) is 33.6 Å². The van der Waals surface area contributed by atoms with Crippen LogP contribution in [0.1, 0.15) is 112 Å². The molecule has 2 aromatic heterocycles. The second kappa shape index (κ2) is 18.4. The van der Waals surface area contributed by atoms with Crippen molar-refractivity contribution < 1.29 is 19.8 Å². The summed E-state index contributed by atoms with van der Waals surface area (Å²) in [5.74, 6) is 1.81. The summed E-state index contributed by atoms with van der Waals surface area (Å²) in [7, 11) is 0. The minimum atomic E-state index is -0.700. The predicted molar refractivity (Wildman–Crippen MR) is 256 cm³/mol. The minimum absolute atomic E-state index is 0.0947. The number of aliphatic hydroxyl groups is 2. The van der Waals surface area contributed by atoms with Gasteiger partial charge in [-0.25, -0.2) is 9.97 Å². The van der Waals surface area contributed by atoms with Gasteiger partial charge in [0.1, 0.15) is 23.7 Å². The normalized spacial score (nSPS) is 22.1. The van der Waals surface area contributed by atoms with Crippen LogP contribution in [0.2, 0.25) is 0 Å². The number of aromatic nitrogens is 4. The Balaban J connectivity index is 0.800. The first-order valence-electron chi connectivity index (χ1n) is 24.0. The van der Waals surface area contributed by atoms with Crippen molar-refractivity contribution in [2.24, 2.45) is 0 Å². The molecule has 0 spiro atoms. The SMILES string of the molecule is CC1(O)CCN([C@@H](C(=O)N2CCCC2c2ncc(-c3ccc(-c4ccc(-c5cnc(C6CCCN6C(=O)[C@@H](c6ccccc6)N6CCC(C)(O)CC6)[nH]5)cc4)cc3)[nH]2)c2ccccc2)CC1. The summed E-state index contributed by atoms with van der Waals surface area (Å²) in [5, 5.41) is 21.3. The summed E-state index contributed by atoms with van der Waals surface area (Å²) < 4.78 is 0. The maximum absolute atomic E-state index is 14.5. The number of H-pyrrole nitrogens is 2. The number of imidazole rings is 2. The van der Waals surface area contributed by atoms with Gasteiger partial charge in [-0.1, -0.05) is 109 Å². The molecule has 2 amide bonds. The molecule has 6 heterocycles. The van der Waals surface area contributed by atoms with Crippen LogP contribution in [0.5, 0.6) is 0 Å². The van der Waals surface area contributed by atoms with Gasteiger partial charge in [0.25, 0.3) is 0 Å². The average molecular weight is 887 g/mol. The number of likely N-dealkylation sites (tertiary alicyclic amines) is 4. The van der Waals surface area contributed by atoms with E-state index >= 15 is 0 Å². The van der Waals surface area contributed by atoms with Gasteiger partial charge >= 0.3 is 0 Å².